The maximum absolute atomic E-state index is 12.3. The van der Waals surface area contributed by atoms with Crippen molar-refractivity contribution in [3.05, 3.63) is 54.6 Å². The van der Waals surface area contributed by atoms with E-state index in [-0.39, 0.29) is 17.2 Å². The highest BCUT2D eigenvalue weighted by atomic mass is 32.2. The molecule has 130 valence electrons. The topological polar surface area (TPSA) is 70.2 Å². The maximum atomic E-state index is 12.3. The van der Waals surface area contributed by atoms with E-state index in [0.717, 1.165) is 17.7 Å². The van der Waals surface area contributed by atoms with E-state index in [1.165, 1.54) is 11.8 Å². The Labute approximate surface area is 151 Å². The van der Waals surface area contributed by atoms with Crippen molar-refractivity contribution in [3.8, 4) is 0 Å². The third-order valence-electron chi connectivity index (χ3n) is 3.75. The third kappa shape index (κ3) is 5.53. The number of carbonyl (C=O) groups excluding carboxylic acids is 2. The SMILES string of the molecule is CC(Sc1ccccc1)C(=O)Nc1ccc(NC(=O)NC2CC2)cc1. The molecule has 1 unspecified atom stereocenters. The van der Waals surface area contributed by atoms with E-state index in [1.807, 2.05) is 37.3 Å². The van der Waals surface area contributed by atoms with Crippen LogP contribution in [0.2, 0.25) is 0 Å². The average molecular weight is 355 g/mol. The molecule has 2 aromatic carbocycles. The smallest absolute Gasteiger partial charge is 0.319 e. The van der Waals surface area contributed by atoms with E-state index >= 15 is 0 Å². The van der Waals surface area contributed by atoms with Crippen molar-refractivity contribution in [2.45, 2.75) is 36.0 Å². The van der Waals surface area contributed by atoms with Gasteiger partial charge in [-0.3, -0.25) is 4.79 Å². The molecule has 3 rings (SSSR count). The number of anilines is 2. The molecule has 0 heterocycles. The van der Waals surface area contributed by atoms with Gasteiger partial charge in [0, 0.05) is 22.3 Å². The lowest BCUT2D eigenvalue weighted by atomic mass is 10.2. The molecule has 1 fully saturated rings. The van der Waals surface area contributed by atoms with Crippen LogP contribution in [0.3, 0.4) is 0 Å². The van der Waals surface area contributed by atoms with Crippen LogP contribution in [0.25, 0.3) is 0 Å². The molecule has 25 heavy (non-hydrogen) atoms. The van der Waals surface area contributed by atoms with Gasteiger partial charge < -0.3 is 16.0 Å². The highest BCUT2D eigenvalue weighted by Crippen LogP contribution is 2.24. The van der Waals surface area contributed by atoms with Crippen LogP contribution in [0, 0.1) is 0 Å². The van der Waals surface area contributed by atoms with Crippen molar-refractivity contribution in [2.24, 2.45) is 0 Å². The molecule has 1 aliphatic carbocycles. The minimum atomic E-state index is -0.204. The standard InChI is InChI=1S/C19H21N3O2S/c1-13(25-17-5-3-2-4-6-17)18(23)20-14-7-9-15(10-8-14)21-19(24)22-16-11-12-16/h2-10,13,16H,11-12H2,1H3,(H,20,23)(H2,21,22,24). The van der Waals surface area contributed by atoms with Crippen LogP contribution in [-0.4, -0.2) is 23.2 Å². The Morgan fingerprint density at radius 3 is 2.16 bits per heavy atom. The molecule has 3 N–H and O–H groups in total. The van der Waals surface area contributed by atoms with E-state index in [4.69, 9.17) is 0 Å². The maximum Gasteiger partial charge on any atom is 0.319 e. The largest absolute Gasteiger partial charge is 0.335 e. The Hall–Kier alpha value is -2.47. The Morgan fingerprint density at radius 1 is 0.960 bits per heavy atom. The molecule has 3 amide bonds. The number of thioether (sulfide) groups is 1. The number of rotatable bonds is 6. The highest BCUT2D eigenvalue weighted by molar-refractivity contribution is 8.00. The molecule has 2 aromatic rings. The first-order chi connectivity index (χ1) is 12.1. The summed E-state index contributed by atoms with van der Waals surface area (Å²) in [6.45, 7) is 1.88. The molecular weight excluding hydrogens is 334 g/mol. The van der Waals surface area contributed by atoms with Crippen molar-refractivity contribution < 1.29 is 9.59 Å². The third-order valence-corrected chi connectivity index (χ3v) is 4.86. The van der Waals surface area contributed by atoms with Crippen LogP contribution >= 0.6 is 11.8 Å². The van der Waals surface area contributed by atoms with Gasteiger partial charge in [0.05, 0.1) is 5.25 Å². The van der Waals surface area contributed by atoms with Gasteiger partial charge in [0.2, 0.25) is 5.91 Å². The monoisotopic (exact) mass is 355 g/mol. The van der Waals surface area contributed by atoms with E-state index < -0.39 is 0 Å². The summed E-state index contributed by atoms with van der Waals surface area (Å²) in [6, 6.07) is 17.1. The molecule has 0 radical (unpaired) electrons. The normalized spacial score (nSPS) is 14.4. The van der Waals surface area contributed by atoms with Gasteiger partial charge in [-0.05, 0) is 56.2 Å². The number of hydrogen-bond donors (Lipinski definition) is 3. The summed E-state index contributed by atoms with van der Waals surface area (Å²) in [4.78, 5) is 25.1. The van der Waals surface area contributed by atoms with Crippen molar-refractivity contribution in [3.63, 3.8) is 0 Å². The van der Waals surface area contributed by atoms with Gasteiger partial charge >= 0.3 is 6.03 Å². The molecule has 6 heteroatoms. The Kier molecular flexibility index (Phi) is 5.60. The molecule has 5 nitrogen and oxygen atoms in total. The van der Waals surface area contributed by atoms with Crippen LogP contribution in [0.1, 0.15) is 19.8 Å². The number of benzene rings is 2. The summed E-state index contributed by atoms with van der Waals surface area (Å²) in [7, 11) is 0. The quantitative estimate of drug-likeness (QED) is 0.684. The van der Waals surface area contributed by atoms with Crippen molar-refractivity contribution in [1.29, 1.82) is 0 Å². The molecule has 0 aliphatic heterocycles. The van der Waals surface area contributed by atoms with Gasteiger partial charge in [-0.2, -0.15) is 0 Å². The van der Waals surface area contributed by atoms with E-state index in [0.29, 0.717) is 17.4 Å². The lowest BCUT2D eigenvalue weighted by molar-refractivity contribution is -0.115. The average Bonchev–Trinajstić information content (AvgIpc) is 3.41. The summed E-state index contributed by atoms with van der Waals surface area (Å²) in [5.74, 6) is -0.0546. The van der Waals surface area contributed by atoms with Crippen LogP contribution in [0.15, 0.2) is 59.5 Å². The lowest BCUT2D eigenvalue weighted by Gasteiger charge is -2.12. The minimum Gasteiger partial charge on any atom is -0.335 e. The summed E-state index contributed by atoms with van der Waals surface area (Å²) in [5, 5.41) is 8.34. The number of hydrogen-bond acceptors (Lipinski definition) is 3. The van der Waals surface area contributed by atoms with Crippen molar-refractivity contribution >= 4 is 35.1 Å². The van der Waals surface area contributed by atoms with E-state index in [1.54, 1.807) is 24.3 Å². The fourth-order valence-electron chi connectivity index (χ4n) is 2.22. The molecular formula is C19H21N3O2S. The molecule has 0 saturated heterocycles. The number of carbonyl (C=O) groups is 2. The fourth-order valence-corrected chi connectivity index (χ4v) is 3.11. The highest BCUT2D eigenvalue weighted by Gasteiger charge is 2.23. The number of nitrogens with one attached hydrogen (secondary N) is 3. The molecule has 0 bridgehead atoms. The number of amides is 3. The fraction of sp³-hybridized carbons (Fsp3) is 0.263. The second-order valence-electron chi connectivity index (χ2n) is 6.01. The van der Waals surface area contributed by atoms with Crippen LogP contribution < -0.4 is 16.0 Å². The zero-order valence-corrected chi connectivity index (χ0v) is 14.8. The Balaban J connectivity index is 1.49. The zero-order chi connectivity index (χ0) is 17.6. The molecule has 1 aliphatic rings. The summed E-state index contributed by atoms with van der Waals surface area (Å²) >= 11 is 1.52. The van der Waals surface area contributed by atoms with Crippen LogP contribution in [0.4, 0.5) is 16.2 Å². The first kappa shape index (κ1) is 17.4. The lowest BCUT2D eigenvalue weighted by Crippen LogP contribution is -2.30. The minimum absolute atomic E-state index is 0.0546. The first-order valence-corrected chi connectivity index (χ1v) is 9.18. The van der Waals surface area contributed by atoms with Crippen LogP contribution in [0.5, 0.6) is 0 Å². The summed E-state index contributed by atoms with van der Waals surface area (Å²) < 4.78 is 0. The molecule has 1 atom stereocenters. The predicted molar refractivity (Wildman–Crippen MR) is 102 cm³/mol. The van der Waals surface area contributed by atoms with E-state index in [2.05, 4.69) is 16.0 Å². The Morgan fingerprint density at radius 2 is 1.56 bits per heavy atom. The van der Waals surface area contributed by atoms with Crippen molar-refractivity contribution in [2.75, 3.05) is 10.6 Å². The first-order valence-electron chi connectivity index (χ1n) is 8.30. The van der Waals surface area contributed by atoms with E-state index in [9.17, 15) is 9.59 Å². The number of urea groups is 1. The van der Waals surface area contributed by atoms with Gasteiger partial charge in [0.1, 0.15) is 0 Å². The zero-order valence-electron chi connectivity index (χ0n) is 14.0. The van der Waals surface area contributed by atoms with Gasteiger partial charge in [-0.15, -0.1) is 11.8 Å². The van der Waals surface area contributed by atoms with Gasteiger partial charge in [0.15, 0.2) is 0 Å². The summed E-state index contributed by atoms with van der Waals surface area (Å²) in [6.07, 6.45) is 2.11. The van der Waals surface area contributed by atoms with Gasteiger partial charge in [0.25, 0.3) is 0 Å². The predicted octanol–water partition coefficient (Wildman–Crippen LogP) is 4.09. The molecule has 0 spiro atoms. The second kappa shape index (κ2) is 8.07. The Bertz CT molecular complexity index is 730. The summed E-state index contributed by atoms with van der Waals surface area (Å²) in [5.41, 5.74) is 1.40. The van der Waals surface area contributed by atoms with Crippen molar-refractivity contribution in [1.82, 2.24) is 5.32 Å². The molecule has 0 aromatic heterocycles. The second-order valence-corrected chi connectivity index (χ2v) is 7.43. The van der Waals surface area contributed by atoms with Crippen LogP contribution in [-0.2, 0) is 4.79 Å². The van der Waals surface area contributed by atoms with Gasteiger partial charge in [-0.1, -0.05) is 18.2 Å². The molecule has 1 saturated carbocycles. The van der Waals surface area contributed by atoms with Gasteiger partial charge in [-0.25, -0.2) is 4.79 Å².